The van der Waals surface area contributed by atoms with E-state index in [2.05, 4.69) is 24.7 Å². The van der Waals surface area contributed by atoms with Crippen molar-refractivity contribution in [1.82, 2.24) is 14.6 Å². The molecule has 2 aliphatic carbocycles. The number of likely N-dealkylation sites (tertiary alicyclic amines) is 1. The number of carbonyl (C=O) groups is 4. The number of benzene rings is 1. The Kier molecular flexibility index (Phi) is 17.1. The molecule has 1 aromatic carbocycles. The fourth-order valence-corrected chi connectivity index (χ4v) is 11.6. The van der Waals surface area contributed by atoms with E-state index in [1.54, 1.807) is 32.0 Å². The van der Waals surface area contributed by atoms with E-state index in [-0.39, 0.29) is 62.6 Å². The molecule has 3 fully saturated rings. The SMILES string of the molecule is CC(C)Oc1ccc(-c2cc(Cl)cc(O[C@H]3CN(C(=O)[C@@H](N=NC(=O)OC(C)(C)C(F)(F)F)[C@H](C)C[C@H](C)CC/C=C\[C@@H]4CCCC4C(=O)NS(=O)(=O)C4(C)CC4)[C@]([Tl])(C(N)=O)C3)n2)cc1. The molecule has 2 aromatic rings. The summed E-state index contributed by atoms with van der Waals surface area (Å²) in [5, 5.41) is 7.76. The number of hydrogen-bond acceptors (Lipinski definition) is 11. The van der Waals surface area contributed by atoms with Gasteiger partial charge in [-0.3, -0.25) is 9.52 Å². The minimum absolute atomic E-state index is 0.00496. The number of aromatic nitrogens is 1. The Morgan fingerprint density at radius 1 is 1.09 bits per heavy atom. The summed E-state index contributed by atoms with van der Waals surface area (Å²) >= 11 is 6.26. The third kappa shape index (κ3) is 13.2. The van der Waals surface area contributed by atoms with Crippen LogP contribution in [0.1, 0.15) is 106 Å². The van der Waals surface area contributed by atoms with Gasteiger partial charge < -0.3 is 0 Å². The van der Waals surface area contributed by atoms with Crippen LogP contribution in [0.15, 0.2) is 58.8 Å². The molecule has 21 heteroatoms. The van der Waals surface area contributed by atoms with Gasteiger partial charge in [0.1, 0.15) is 0 Å². The molecule has 4 amide bonds. The number of amides is 4. The summed E-state index contributed by atoms with van der Waals surface area (Å²) in [6, 6.07) is 8.97. The standard InChI is InChI=1S/C45H59ClF3N6O9S.Tl/c1-26(2)62-32-17-15-30(16-18-32)35-22-31(46)23-37(51-35)63-33-24-36(39(50)56)55(25-33)41(58)38(52-53-42(59)64-43(5,6)45(47,48)49)28(4)21-27(3)11-8-9-12-29-13-10-14-34(29)40(57)54-65(60,61)44(7)19-20-44;/h9,12,15-18,22-23,26-29,33-34,38H,8,10-11,13-14,19-21,24-25H2,1-7H3,(H2,50,56)(H,54,57);/b12-9-,53-52?;/t27-,28-,29-,33-,34?,38+;/m1./s1. The molecule has 3 aliphatic rings. The summed E-state index contributed by atoms with van der Waals surface area (Å²) in [4.78, 5) is 59.5. The zero-order valence-corrected chi connectivity index (χ0v) is 44.3. The Bertz CT molecular complexity index is 2280. The van der Waals surface area contributed by atoms with Crippen LogP contribution in [0.2, 0.25) is 5.02 Å². The van der Waals surface area contributed by atoms with E-state index in [1.807, 2.05) is 45.1 Å². The molecule has 15 nitrogen and oxygen atoms in total. The summed E-state index contributed by atoms with van der Waals surface area (Å²) in [7, 11) is -3.75. The van der Waals surface area contributed by atoms with Crippen LogP contribution in [-0.2, 0) is 29.1 Å². The molecule has 66 heavy (non-hydrogen) atoms. The van der Waals surface area contributed by atoms with Crippen molar-refractivity contribution in [2.75, 3.05) is 6.54 Å². The number of nitrogens with one attached hydrogen (secondary N) is 1. The van der Waals surface area contributed by atoms with Crippen LogP contribution in [0.3, 0.4) is 0 Å². The number of carbonyl (C=O) groups excluding carboxylic acids is 4. The molecule has 2 saturated carbocycles. The molecule has 5 rings (SSSR count). The monoisotopic (exact) mass is 1160 g/mol. The van der Waals surface area contributed by atoms with Gasteiger partial charge in [0, 0.05) is 5.92 Å². The van der Waals surface area contributed by atoms with Crippen molar-refractivity contribution in [3.05, 3.63) is 53.6 Å². The normalized spacial score (nSPS) is 23.4. The van der Waals surface area contributed by atoms with Crippen LogP contribution in [0, 0.1) is 23.7 Å². The predicted octanol–water partition coefficient (Wildman–Crippen LogP) is 8.23. The van der Waals surface area contributed by atoms with E-state index in [1.165, 1.54) is 11.0 Å². The second-order valence-electron chi connectivity index (χ2n) is 18.9. The van der Waals surface area contributed by atoms with Gasteiger partial charge in [0.05, 0.1) is 10.9 Å². The maximum absolute atomic E-state index is 14.6. The van der Waals surface area contributed by atoms with Crippen molar-refractivity contribution < 1.29 is 55.0 Å². The first kappa shape index (κ1) is 53.1. The molecule has 1 aromatic heterocycles. The topological polar surface area (TPSA) is 209 Å². The number of halogens is 4. The number of nitrogens with two attached hydrogens (primary N) is 1. The van der Waals surface area contributed by atoms with E-state index < -0.39 is 77.4 Å². The molecule has 0 radical (unpaired) electrons. The van der Waals surface area contributed by atoms with Crippen molar-refractivity contribution in [2.45, 2.75) is 144 Å². The second-order valence-corrected chi connectivity index (χ2v) is 25.2. The van der Waals surface area contributed by atoms with E-state index in [0.29, 0.717) is 68.8 Å². The Hall–Kier alpha value is -3.86. The molecule has 7 atom stereocenters. The fourth-order valence-electron chi connectivity index (χ4n) is 8.14. The number of azo groups is 1. The third-order valence-electron chi connectivity index (χ3n) is 12.5. The number of sulfonamides is 1. The molecule has 0 bridgehead atoms. The average Bonchev–Trinajstić information content (AvgIpc) is 3.64. The summed E-state index contributed by atoms with van der Waals surface area (Å²) in [5.41, 5.74) is 4.29. The summed E-state index contributed by atoms with van der Waals surface area (Å²) < 4.78 is 82.7. The summed E-state index contributed by atoms with van der Waals surface area (Å²) in [5.74, 6) is -2.49. The minimum atomic E-state index is -4.92. The summed E-state index contributed by atoms with van der Waals surface area (Å²) in [6.45, 7) is 10.3. The Balaban J connectivity index is 1.30. The van der Waals surface area contributed by atoms with Crippen LogP contribution in [0.5, 0.6) is 11.6 Å². The number of ether oxygens (including phenoxy) is 3. The van der Waals surface area contributed by atoms with Crippen molar-refractivity contribution >= 4 is 71.2 Å². The number of primary amides is 1. The average molecular weight is 1160 g/mol. The van der Waals surface area contributed by atoms with Crippen LogP contribution in [-0.4, -0.2) is 112 Å². The Morgan fingerprint density at radius 2 is 1.76 bits per heavy atom. The first-order valence-corrected chi connectivity index (χ1v) is 26.2. The predicted molar refractivity (Wildman–Crippen MR) is 241 cm³/mol. The molecule has 1 unspecified atom stereocenters. The van der Waals surface area contributed by atoms with Crippen molar-refractivity contribution in [3.8, 4) is 22.9 Å². The number of rotatable bonds is 19. The van der Waals surface area contributed by atoms with Crippen molar-refractivity contribution in [1.29, 1.82) is 0 Å². The number of alkyl halides is 3. The number of nitrogens with zero attached hydrogens (tertiary/aromatic N) is 4. The molecule has 1 saturated heterocycles. The van der Waals surface area contributed by atoms with Crippen LogP contribution >= 0.6 is 11.6 Å². The zero-order valence-electron chi connectivity index (χ0n) is 38.3. The van der Waals surface area contributed by atoms with E-state index in [4.69, 9.17) is 26.8 Å². The number of allylic oxidation sites excluding steroid dienone is 2. The van der Waals surface area contributed by atoms with E-state index >= 15 is 0 Å². The van der Waals surface area contributed by atoms with Gasteiger partial charge in [-0.05, 0) is 46.5 Å². The van der Waals surface area contributed by atoms with Gasteiger partial charge in [0.2, 0.25) is 15.9 Å². The molecular weight excluding hydrogens is 1100 g/mol. The first-order chi connectivity index (χ1) is 30.6. The number of pyridine rings is 1. The Labute approximate surface area is 405 Å². The fraction of sp³-hybridized carbons (Fsp3) is 0.622. The molecular formula is C45H59ClF3N6O9STl. The molecule has 360 valence electrons. The Morgan fingerprint density at radius 3 is 2.36 bits per heavy atom. The van der Waals surface area contributed by atoms with Gasteiger partial charge >= 0.3 is 304 Å². The molecule has 0 spiro atoms. The van der Waals surface area contributed by atoms with Gasteiger partial charge in [-0.25, -0.2) is 8.42 Å². The molecule has 2 heterocycles. The first-order valence-electron chi connectivity index (χ1n) is 22.1. The maximum atomic E-state index is 14.6. The van der Waals surface area contributed by atoms with Crippen LogP contribution < -0.4 is 19.9 Å². The van der Waals surface area contributed by atoms with E-state index in [0.717, 1.165) is 18.4 Å². The van der Waals surface area contributed by atoms with Gasteiger partial charge in [0.25, 0.3) is 0 Å². The van der Waals surface area contributed by atoms with Gasteiger partial charge in [0.15, 0.2) is 0 Å². The van der Waals surface area contributed by atoms with E-state index in [9.17, 15) is 40.8 Å². The molecule has 1 aliphatic heterocycles. The van der Waals surface area contributed by atoms with Crippen molar-refractivity contribution in [3.63, 3.8) is 0 Å². The number of hydrogen-bond donors (Lipinski definition) is 2. The third-order valence-corrected chi connectivity index (χ3v) is 18.1. The second kappa shape index (κ2) is 21.2. The van der Waals surface area contributed by atoms with Crippen molar-refractivity contribution in [2.24, 2.45) is 39.6 Å². The summed E-state index contributed by atoms with van der Waals surface area (Å²) in [6.07, 6.45) is 1.23. The quantitative estimate of drug-likeness (QED) is 0.0782. The molecule has 3 N–H and O–H groups in total. The van der Waals surface area contributed by atoms with Gasteiger partial charge in [-0.1, -0.05) is 6.42 Å². The van der Waals surface area contributed by atoms with Crippen LogP contribution in [0.25, 0.3) is 11.3 Å². The zero-order chi connectivity index (χ0) is 49.0. The van der Waals surface area contributed by atoms with Gasteiger partial charge in [-0.2, -0.15) is 0 Å². The van der Waals surface area contributed by atoms with Crippen LogP contribution in [0.4, 0.5) is 18.0 Å². The van der Waals surface area contributed by atoms with Gasteiger partial charge in [-0.15, -0.1) is 0 Å².